The van der Waals surface area contributed by atoms with Crippen molar-refractivity contribution in [2.24, 2.45) is 17.6 Å². The second-order valence-electron chi connectivity index (χ2n) is 6.33. The number of nitrogens with one attached hydrogen (secondary N) is 1. The van der Waals surface area contributed by atoms with Crippen molar-refractivity contribution in [1.29, 1.82) is 0 Å². The van der Waals surface area contributed by atoms with Crippen molar-refractivity contribution in [3.63, 3.8) is 0 Å². The summed E-state index contributed by atoms with van der Waals surface area (Å²) in [5.74, 6) is 0.694. The normalized spacial score (nSPS) is 34.0. The first-order valence-electron chi connectivity index (χ1n) is 7.37. The molecule has 1 aliphatic carbocycles. The summed E-state index contributed by atoms with van der Waals surface area (Å²) in [7, 11) is 0. The average molecular weight is 308 g/mol. The second-order valence-corrected chi connectivity index (χ2v) is 6.74. The molecular formula is C15H18ClN3O2. The first-order valence-corrected chi connectivity index (χ1v) is 7.75. The van der Waals surface area contributed by atoms with Crippen LogP contribution >= 0.6 is 11.6 Å². The third kappa shape index (κ3) is 1.95. The number of benzene rings is 1. The Morgan fingerprint density at radius 1 is 1.33 bits per heavy atom. The molecule has 1 aromatic carbocycles. The van der Waals surface area contributed by atoms with Gasteiger partial charge >= 0.3 is 0 Å². The molecule has 0 radical (unpaired) electrons. The highest BCUT2D eigenvalue weighted by atomic mass is 35.5. The number of aliphatic hydroxyl groups is 1. The number of nitrogens with zero attached hydrogens (tertiary/aromatic N) is 1. The number of nitrogens with two attached hydrogens (primary N) is 1. The molecule has 0 bridgehead atoms. The zero-order valence-electron chi connectivity index (χ0n) is 11.6. The van der Waals surface area contributed by atoms with E-state index in [0.717, 1.165) is 42.9 Å². The molecule has 2 heterocycles. The van der Waals surface area contributed by atoms with Gasteiger partial charge in [0.25, 0.3) is 0 Å². The van der Waals surface area contributed by atoms with Gasteiger partial charge in [-0.1, -0.05) is 11.6 Å². The number of halogens is 1. The maximum absolute atomic E-state index is 11.7. The fraction of sp³-hybridized carbons (Fsp3) is 0.533. The number of rotatable bonds is 1. The topological polar surface area (TPSA) is 78.6 Å². The lowest BCUT2D eigenvalue weighted by Gasteiger charge is -2.22. The molecule has 21 heavy (non-hydrogen) atoms. The molecule has 2 fully saturated rings. The van der Waals surface area contributed by atoms with Crippen LogP contribution in [0.25, 0.3) is 0 Å². The van der Waals surface area contributed by atoms with E-state index in [-0.39, 0.29) is 12.0 Å². The van der Waals surface area contributed by atoms with Gasteiger partial charge in [-0.05, 0) is 30.9 Å². The average Bonchev–Trinajstić information content (AvgIpc) is 3.08. The van der Waals surface area contributed by atoms with Crippen LogP contribution in [0.4, 0.5) is 11.4 Å². The van der Waals surface area contributed by atoms with Crippen molar-refractivity contribution in [3.05, 3.63) is 22.7 Å². The molecule has 112 valence electrons. The van der Waals surface area contributed by atoms with Crippen molar-refractivity contribution in [3.8, 4) is 0 Å². The third-order valence-corrected chi connectivity index (χ3v) is 5.46. The lowest BCUT2D eigenvalue weighted by Crippen LogP contribution is -2.24. The summed E-state index contributed by atoms with van der Waals surface area (Å²) in [4.78, 5) is 13.9. The van der Waals surface area contributed by atoms with Crippen molar-refractivity contribution < 1.29 is 9.90 Å². The molecular weight excluding hydrogens is 290 g/mol. The van der Waals surface area contributed by atoms with Crippen LogP contribution in [-0.2, 0) is 4.79 Å². The van der Waals surface area contributed by atoms with Gasteiger partial charge in [-0.15, -0.1) is 0 Å². The van der Waals surface area contributed by atoms with Gasteiger partial charge in [0.15, 0.2) is 0 Å². The van der Waals surface area contributed by atoms with Gasteiger partial charge in [-0.25, -0.2) is 0 Å². The molecule has 0 spiro atoms. The molecule has 1 aromatic rings. The molecule has 3 aliphatic rings. The molecule has 1 amide bonds. The van der Waals surface area contributed by atoms with E-state index in [1.807, 2.05) is 6.07 Å². The van der Waals surface area contributed by atoms with Crippen LogP contribution < -0.4 is 16.0 Å². The molecule has 6 heteroatoms. The molecule has 4 N–H and O–H groups in total. The van der Waals surface area contributed by atoms with E-state index in [2.05, 4.69) is 10.2 Å². The molecule has 4 atom stereocenters. The molecule has 1 saturated carbocycles. The minimum absolute atomic E-state index is 0.188. The van der Waals surface area contributed by atoms with Gasteiger partial charge in [0.2, 0.25) is 5.91 Å². The number of amides is 1. The van der Waals surface area contributed by atoms with Crippen LogP contribution in [0, 0.1) is 11.8 Å². The fourth-order valence-corrected chi connectivity index (χ4v) is 4.26. The lowest BCUT2D eigenvalue weighted by atomic mass is 10.00. The van der Waals surface area contributed by atoms with Crippen molar-refractivity contribution in [2.75, 3.05) is 23.3 Å². The van der Waals surface area contributed by atoms with Crippen molar-refractivity contribution >= 4 is 28.9 Å². The van der Waals surface area contributed by atoms with Crippen molar-refractivity contribution in [1.82, 2.24) is 0 Å². The molecule has 5 nitrogen and oxygen atoms in total. The highest BCUT2D eigenvalue weighted by Crippen LogP contribution is 2.44. The zero-order valence-corrected chi connectivity index (χ0v) is 12.3. The Bertz CT molecular complexity index is 621. The molecule has 0 aromatic heterocycles. The van der Waals surface area contributed by atoms with E-state index < -0.39 is 6.04 Å². The Balaban J connectivity index is 1.65. The van der Waals surface area contributed by atoms with Gasteiger partial charge in [0, 0.05) is 30.3 Å². The quantitative estimate of drug-likeness (QED) is 0.734. The number of anilines is 2. The maximum atomic E-state index is 11.7. The van der Waals surface area contributed by atoms with Crippen LogP contribution in [0.3, 0.4) is 0 Å². The summed E-state index contributed by atoms with van der Waals surface area (Å²) >= 11 is 6.40. The van der Waals surface area contributed by atoms with Crippen LogP contribution in [0.2, 0.25) is 5.02 Å². The third-order valence-electron chi connectivity index (χ3n) is 5.15. The monoisotopic (exact) mass is 307 g/mol. The number of carbonyl (C=O) groups excluding carboxylic acids is 1. The van der Waals surface area contributed by atoms with Gasteiger partial charge < -0.3 is 21.1 Å². The number of fused-ring (bicyclic) bond motifs is 2. The number of carbonyl (C=O) groups is 1. The second kappa shape index (κ2) is 4.60. The SMILES string of the molecule is NC1C(=O)Nc2cc(N3CC4CCC(O)C4C3)c(Cl)cc21. The number of hydrogen-bond acceptors (Lipinski definition) is 4. The van der Waals surface area contributed by atoms with E-state index in [4.69, 9.17) is 17.3 Å². The minimum Gasteiger partial charge on any atom is -0.393 e. The summed E-state index contributed by atoms with van der Waals surface area (Å²) in [5, 5.41) is 13.4. The zero-order chi connectivity index (χ0) is 14.7. The fourth-order valence-electron chi connectivity index (χ4n) is 3.97. The van der Waals surface area contributed by atoms with Gasteiger partial charge in [-0.3, -0.25) is 4.79 Å². The molecule has 2 aliphatic heterocycles. The summed E-state index contributed by atoms with van der Waals surface area (Å²) in [6.45, 7) is 1.74. The summed E-state index contributed by atoms with van der Waals surface area (Å²) in [5.41, 5.74) is 8.27. The number of hydrogen-bond donors (Lipinski definition) is 3. The predicted molar refractivity (Wildman–Crippen MR) is 81.4 cm³/mol. The summed E-state index contributed by atoms with van der Waals surface area (Å²) < 4.78 is 0. The number of aliphatic hydroxyl groups excluding tert-OH is 1. The Kier molecular flexibility index (Phi) is 2.93. The van der Waals surface area contributed by atoms with E-state index in [9.17, 15) is 9.90 Å². The van der Waals surface area contributed by atoms with Crippen LogP contribution in [-0.4, -0.2) is 30.2 Å². The minimum atomic E-state index is -0.633. The van der Waals surface area contributed by atoms with Gasteiger partial charge in [0.05, 0.1) is 16.8 Å². The largest absolute Gasteiger partial charge is 0.393 e. The lowest BCUT2D eigenvalue weighted by molar-refractivity contribution is -0.116. The highest BCUT2D eigenvalue weighted by molar-refractivity contribution is 6.33. The Morgan fingerprint density at radius 2 is 2.14 bits per heavy atom. The highest BCUT2D eigenvalue weighted by Gasteiger charge is 2.42. The van der Waals surface area contributed by atoms with Gasteiger partial charge in [-0.2, -0.15) is 0 Å². The van der Waals surface area contributed by atoms with Crippen LogP contribution in [0.1, 0.15) is 24.4 Å². The molecule has 4 rings (SSSR count). The van der Waals surface area contributed by atoms with E-state index in [1.54, 1.807) is 6.07 Å². The van der Waals surface area contributed by atoms with E-state index >= 15 is 0 Å². The molecule has 4 unspecified atom stereocenters. The first kappa shape index (κ1) is 13.4. The first-order chi connectivity index (χ1) is 10.0. The Morgan fingerprint density at radius 3 is 2.90 bits per heavy atom. The van der Waals surface area contributed by atoms with Gasteiger partial charge in [0.1, 0.15) is 6.04 Å². The smallest absolute Gasteiger partial charge is 0.245 e. The summed E-state index contributed by atoms with van der Waals surface area (Å²) in [6.07, 6.45) is 1.79. The predicted octanol–water partition coefficient (Wildman–Crippen LogP) is 1.50. The Hall–Kier alpha value is -1.30. The van der Waals surface area contributed by atoms with Crippen LogP contribution in [0.15, 0.2) is 12.1 Å². The van der Waals surface area contributed by atoms with E-state index in [1.165, 1.54) is 0 Å². The molecule has 1 saturated heterocycles. The van der Waals surface area contributed by atoms with Crippen LogP contribution in [0.5, 0.6) is 0 Å². The Labute approximate surface area is 128 Å². The summed E-state index contributed by atoms with van der Waals surface area (Å²) in [6, 6.07) is 3.07. The van der Waals surface area contributed by atoms with E-state index in [0.29, 0.717) is 16.9 Å². The van der Waals surface area contributed by atoms with Crippen molar-refractivity contribution in [2.45, 2.75) is 25.0 Å². The maximum Gasteiger partial charge on any atom is 0.245 e. The standard InChI is InChI=1S/C15H18ClN3O2/c16-10-3-8-11(18-15(21)14(8)17)4-12(10)19-5-7-1-2-13(20)9(7)6-19/h3-4,7,9,13-14,20H,1-2,5-6,17H2,(H,18,21).